The van der Waals surface area contributed by atoms with Crippen LogP contribution in [0.25, 0.3) is 0 Å². The Morgan fingerprint density at radius 3 is 2.42 bits per heavy atom. The minimum atomic E-state index is -0.630. The molecule has 0 spiro atoms. The van der Waals surface area contributed by atoms with Crippen molar-refractivity contribution < 1.29 is 14.3 Å². The molecule has 1 aromatic carbocycles. The van der Waals surface area contributed by atoms with Crippen molar-refractivity contribution in [1.82, 2.24) is 10.6 Å². The molecule has 0 aliphatic heterocycles. The summed E-state index contributed by atoms with van der Waals surface area (Å²) in [5.41, 5.74) is 5.90. The lowest BCUT2D eigenvalue weighted by molar-refractivity contribution is -0.123. The summed E-state index contributed by atoms with van der Waals surface area (Å²) in [7, 11) is 0. The number of ether oxygens (including phenoxy) is 1. The van der Waals surface area contributed by atoms with Crippen LogP contribution >= 0.6 is 0 Å². The molecule has 0 aliphatic rings. The number of hydrogen-bond donors (Lipinski definition) is 3. The van der Waals surface area contributed by atoms with Crippen LogP contribution in [0.2, 0.25) is 0 Å². The van der Waals surface area contributed by atoms with Crippen LogP contribution < -0.4 is 16.4 Å². The van der Waals surface area contributed by atoms with Gasteiger partial charge in [0, 0.05) is 6.54 Å². The monoisotopic (exact) mass is 335 g/mol. The van der Waals surface area contributed by atoms with Crippen molar-refractivity contribution in [2.24, 2.45) is 5.73 Å². The zero-order chi connectivity index (χ0) is 18.0. The Kier molecular flexibility index (Phi) is 8.26. The van der Waals surface area contributed by atoms with Gasteiger partial charge in [-0.1, -0.05) is 30.3 Å². The molecule has 2 amide bonds. The summed E-state index contributed by atoms with van der Waals surface area (Å²) in [6.07, 6.45) is 1.50. The molecule has 0 unspecified atom stereocenters. The van der Waals surface area contributed by atoms with E-state index in [0.717, 1.165) is 18.4 Å². The summed E-state index contributed by atoms with van der Waals surface area (Å²) in [5.74, 6) is -0.221. The fourth-order valence-corrected chi connectivity index (χ4v) is 2.12. The number of carbonyl (C=O) groups excluding carboxylic acids is 2. The summed E-state index contributed by atoms with van der Waals surface area (Å²) in [6, 6.07) is 8.99. The highest BCUT2D eigenvalue weighted by atomic mass is 16.6. The van der Waals surface area contributed by atoms with Crippen molar-refractivity contribution in [3.05, 3.63) is 35.9 Å². The van der Waals surface area contributed by atoms with Crippen molar-refractivity contribution in [2.45, 2.75) is 58.2 Å². The molecular formula is C18H29N3O3. The molecule has 4 N–H and O–H groups in total. The zero-order valence-electron chi connectivity index (χ0n) is 14.8. The van der Waals surface area contributed by atoms with Gasteiger partial charge in [0.2, 0.25) is 5.91 Å². The van der Waals surface area contributed by atoms with Crippen LogP contribution in [-0.2, 0) is 16.1 Å². The van der Waals surface area contributed by atoms with Crippen molar-refractivity contribution in [3.63, 3.8) is 0 Å². The van der Waals surface area contributed by atoms with E-state index in [-0.39, 0.29) is 5.91 Å². The molecule has 0 bridgehead atoms. The maximum atomic E-state index is 12.4. The highest BCUT2D eigenvalue weighted by Crippen LogP contribution is 2.08. The Hall–Kier alpha value is -2.08. The lowest BCUT2D eigenvalue weighted by Crippen LogP contribution is -2.48. The minimum absolute atomic E-state index is 0.221. The molecule has 0 saturated carbocycles. The Morgan fingerprint density at radius 2 is 1.83 bits per heavy atom. The molecule has 0 aliphatic carbocycles. The molecule has 1 rings (SSSR count). The van der Waals surface area contributed by atoms with Gasteiger partial charge in [0.25, 0.3) is 0 Å². The van der Waals surface area contributed by atoms with Gasteiger partial charge in [-0.2, -0.15) is 0 Å². The van der Waals surface area contributed by atoms with E-state index in [4.69, 9.17) is 10.5 Å². The summed E-state index contributed by atoms with van der Waals surface area (Å²) >= 11 is 0. The second kappa shape index (κ2) is 9.93. The van der Waals surface area contributed by atoms with Gasteiger partial charge in [-0.3, -0.25) is 4.79 Å². The molecule has 0 saturated heterocycles. The molecule has 24 heavy (non-hydrogen) atoms. The van der Waals surface area contributed by atoms with Gasteiger partial charge in [0.1, 0.15) is 11.6 Å². The van der Waals surface area contributed by atoms with Gasteiger partial charge in [0.05, 0.1) is 0 Å². The van der Waals surface area contributed by atoms with Gasteiger partial charge in [-0.25, -0.2) is 4.79 Å². The number of hydrogen-bond acceptors (Lipinski definition) is 4. The molecule has 0 fully saturated rings. The maximum Gasteiger partial charge on any atom is 0.408 e. The summed E-state index contributed by atoms with van der Waals surface area (Å²) in [5, 5.41) is 5.51. The van der Waals surface area contributed by atoms with Crippen LogP contribution in [0.1, 0.15) is 45.6 Å². The van der Waals surface area contributed by atoms with E-state index in [2.05, 4.69) is 10.6 Å². The number of carbonyl (C=O) groups is 2. The number of nitrogens with two attached hydrogens (primary N) is 1. The Labute approximate surface area is 144 Å². The van der Waals surface area contributed by atoms with Crippen LogP contribution in [0.5, 0.6) is 0 Å². The van der Waals surface area contributed by atoms with Crippen molar-refractivity contribution >= 4 is 12.0 Å². The standard InChI is InChI=1S/C18H29N3O3/c1-18(2,3)24-17(23)21-15(11-7-8-12-19)16(22)20-13-14-9-5-4-6-10-14/h4-6,9-10,15H,7-8,11-13,19H2,1-3H3,(H,20,22)(H,21,23)/t15-/m0/s1. The highest BCUT2D eigenvalue weighted by Gasteiger charge is 2.23. The van der Waals surface area contributed by atoms with Gasteiger partial charge < -0.3 is 21.1 Å². The topological polar surface area (TPSA) is 93.4 Å². The number of alkyl carbamates (subject to hydrolysis) is 1. The molecule has 0 aromatic heterocycles. The predicted molar refractivity (Wildman–Crippen MR) is 94.4 cm³/mol. The summed E-state index contributed by atoms with van der Waals surface area (Å²) < 4.78 is 5.23. The smallest absolute Gasteiger partial charge is 0.408 e. The van der Waals surface area contributed by atoms with E-state index in [9.17, 15) is 9.59 Å². The third-order valence-electron chi connectivity index (χ3n) is 3.26. The van der Waals surface area contributed by atoms with Crippen LogP contribution in [0.3, 0.4) is 0 Å². The maximum absolute atomic E-state index is 12.4. The third-order valence-corrected chi connectivity index (χ3v) is 3.26. The normalized spacial score (nSPS) is 12.3. The number of amides is 2. The largest absolute Gasteiger partial charge is 0.444 e. The average molecular weight is 335 g/mol. The first-order chi connectivity index (χ1) is 11.3. The molecule has 1 atom stereocenters. The van der Waals surface area contributed by atoms with Crippen molar-refractivity contribution in [3.8, 4) is 0 Å². The SMILES string of the molecule is CC(C)(C)OC(=O)N[C@@H](CCCCN)C(=O)NCc1ccccc1. The first-order valence-electron chi connectivity index (χ1n) is 8.33. The summed E-state index contributed by atoms with van der Waals surface area (Å²) in [6.45, 7) is 6.33. The molecule has 0 heterocycles. The van der Waals surface area contributed by atoms with Crippen LogP contribution in [-0.4, -0.2) is 30.2 Å². The first kappa shape index (κ1) is 20.0. The predicted octanol–water partition coefficient (Wildman–Crippen LogP) is 2.33. The highest BCUT2D eigenvalue weighted by molar-refractivity contribution is 5.85. The third kappa shape index (κ3) is 8.53. The second-order valence-electron chi connectivity index (χ2n) is 6.69. The zero-order valence-corrected chi connectivity index (χ0v) is 14.8. The molecular weight excluding hydrogens is 306 g/mol. The van der Waals surface area contributed by atoms with Crippen molar-refractivity contribution in [2.75, 3.05) is 6.54 Å². The Bertz CT molecular complexity index is 512. The van der Waals surface area contributed by atoms with Gasteiger partial charge in [-0.05, 0) is 52.1 Å². The molecule has 6 heteroatoms. The molecule has 0 radical (unpaired) electrons. The lowest BCUT2D eigenvalue weighted by atomic mass is 10.1. The fourth-order valence-electron chi connectivity index (χ4n) is 2.12. The fraction of sp³-hybridized carbons (Fsp3) is 0.556. The van der Waals surface area contributed by atoms with E-state index >= 15 is 0 Å². The van der Waals surface area contributed by atoms with Gasteiger partial charge in [-0.15, -0.1) is 0 Å². The van der Waals surface area contributed by atoms with Crippen LogP contribution in [0.15, 0.2) is 30.3 Å². The van der Waals surface area contributed by atoms with E-state index in [1.165, 1.54) is 0 Å². The molecule has 134 valence electrons. The van der Waals surface area contributed by atoms with E-state index in [0.29, 0.717) is 19.5 Å². The average Bonchev–Trinajstić information content (AvgIpc) is 2.51. The Morgan fingerprint density at radius 1 is 1.17 bits per heavy atom. The van der Waals surface area contributed by atoms with Gasteiger partial charge >= 0.3 is 6.09 Å². The number of rotatable bonds is 8. The number of unbranched alkanes of at least 4 members (excludes halogenated alkanes) is 1. The number of benzene rings is 1. The van der Waals surface area contributed by atoms with Crippen LogP contribution in [0, 0.1) is 0 Å². The first-order valence-corrected chi connectivity index (χ1v) is 8.33. The Balaban J connectivity index is 2.58. The number of nitrogens with one attached hydrogen (secondary N) is 2. The van der Waals surface area contributed by atoms with E-state index in [1.54, 1.807) is 20.8 Å². The second-order valence-corrected chi connectivity index (χ2v) is 6.69. The van der Waals surface area contributed by atoms with Crippen LogP contribution in [0.4, 0.5) is 4.79 Å². The van der Waals surface area contributed by atoms with Gasteiger partial charge in [0.15, 0.2) is 0 Å². The summed E-state index contributed by atoms with van der Waals surface area (Å²) in [4.78, 5) is 24.3. The molecule has 6 nitrogen and oxygen atoms in total. The van der Waals surface area contributed by atoms with E-state index < -0.39 is 17.7 Å². The minimum Gasteiger partial charge on any atom is -0.444 e. The quantitative estimate of drug-likeness (QED) is 0.636. The van der Waals surface area contributed by atoms with E-state index in [1.807, 2.05) is 30.3 Å². The van der Waals surface area contributed by atoms with Crippen molar-refractivity contribution in [1.29, 1.82) is 0 Å². The lowest BCUT2D eigenvalue weighted by Gasteiger charge is -2.23. The molecule has 1 aromatic rings.